The van der Waals surface area contributed by atoms with Gasteiger partial charge in [0.2, 0.25) is 0 Å². The Bertz CT molecular complexity index is 1510. The third-order valence-electron chi connectivity index (χ3n) is 5.43. The monoisotopic (exact) mass is 490 g/mol. The molecule has 0 aliphatic carbocycles. The Labute approximate surface area is 191 Å². The lowest BCUT2D eigenvalue weighted by Crippen LogP contribution is -2.15. The summed E-state index contributed by atoms with van der Waals surface area (Å²) < 4.78 is 13.7. The number of pyridine rings is 2. The first-order valence-corrected chi connectivity index (χ1v) is 11.0. The quantitative estimate of drug-likeness (QED) is 0.321. The van der Waals surface area contributed by atoms with Crippen molar-refractivity contribution in [2.75, 3.05) is 13.2 Å². The van der Waals surface area contributed by atoms with E-state index < -0.39 is 5.97 Å². The van der Waals surface area contributed by atoms with Gasteiger partial charge in [-0.2, -0.15) is 0 Å². The van der Waals surface area contributed by atoms with Gasteiger partial charge in [0, 0.05) is 45.8 Å². The SMILES string of the molecule is CCOC(=O)COc1cc2c(=O)c(Cc3cccnc3)cn3c4ccc(Br)cc4c(c1)c23. The van der Waals surface area contributed by atoms with Gasteiger partial charge in [0.1, 0.15) is 5.75 Å². The maximum atomic E-state index is 13.5. The van der Waals surface area contributed by atoms with Gasteiger partial charge in [0.15, 0.2) is 12.0 Å². The molecular weight excluding hydrogens is 472 g/mol. The topological polar surface area (TPSA) is 69.9 Å². The summed E-state index contributed by atoms with van der Waals surface area (Å²) in [7, 11) is 0. The number of carbonyl (C=O) groups is 1. The van der Waals surface area contributed by atoms with Gasteiger partial charge in [-0.1, -0.05) is 22.0 Å². The average molecular weight is 491 g/mol. The van der Waals surface area contributed by atoms with E-state index in [1.807, 2.05) is 42.6 Å². The fourth-order valence-corrected chi connectivity index (χ4v) is 4.46. The Kier molecular flexibility index (Phi) is 5.27. The van der Waals surface area contributed by atoms with E-state index in [2.05, 4.69) is 25.3 Å². The smallest absolute Gasteiger partial charge is 0.344 e. The molecule has 0 saturated carbocycles. The average Bonchev–Trinajstić information content (AvgIpc) is 3.09. The molecule has 0 unspecified atom stereocenters. The van der Waals surface area contributed by atoms with Crippen molar-refractivity contribution in [1.29, 1.82) is 0 Å². The summed E-state index contributed by atoms with van der Waals surface area (Å²) in [6.07, 6.45) is 5.87. The summed E-state index contributed by atoms with van der Waals surface area (Å²) in [4.78, 5) is 29.4. The van der Waals surface area contributed by atoms with Crippen LogP contribution in [0, 0.1) is 0 Å². The molecular formula is C25H19BrN2O4. The molecule has 6 nitrogen and oxygen atoms in total. The molecule has 3 aromatic heterocycles. The van der Waals surface area contributed by atoms with Gasteiger partial charge in [-0.05, 0) is 48.9 Å². The number of hydrogen-bond donors (Lipinski definition) is 0. The van der Waals surface area contributed by atoms with E-state index in [0.29, 0.717) is 23.1 Å². The van der Waals surface area contributed by atoms with Crippen molar-refractivity contribution in [1.82, 2.24) is 9.38 Å². The molecule has 0 aliphatic rings. The van der Waals surface area contributed by atoms with E-state index in [0.717, 1.165) is 31.8 Å². The van der Waals surface area contributed by atoms with Crippen LogP contribution in [0.1, 0.15) is 18.1 Å². The van der Waals surface area contributed by atoms with E-state index in [1.165, 1.54) is 0 Å². The molecule has 0 aliphatic heterocycles. The second kappa shape index (κ2) is 8.24. The predicted octanol–water partition coefficient (Wildman–Crippen LogP) is 4.73. The molecule has 0 radical (unpaired) electrons. The van der Waals surface area contributed by atoms with Gasteiger partial charge >= 0.3 is 5.97 Å². The van der Waals surface area contributed by atoms with Gasteiger partial charge in [0.05, 0.1) is 23.0 Å². The first kappa shape index (κ1) is 20.5. The minimum atomic E-state index is -0.449. The number of esters is 1. The molecule has 32 heavy (non-hydrogen) atoms. The molecule has 5 aromatic rings. The van der Waals surface area contributed by atoms with Crippen LogP contribution in [-0.4, -0.2) is 28.6 Å². The van der Waals surface area contributed by atoms with E-state index >= 15 is 0 Å². The van der Waals surface area contributed by atoms with E-state index in [1.54, 1.807) is 25.4 Å². The second-order valence-electron chi connectivity index (χ2n) is 7.51. The van der Waals surface area contributed by atoms with Crippen LogP contribution in [-0.2, 0) is 16.0 Å². The third-order valence-corrected chi connectivity index (χ3v) is 5.93. The molecule has 0 saturated heterocycles. The number of hydrogen-bond acceptors (Lipinski definition) is 5. The standard InChI is InChI=1S/C25H19BrN2O4/c1-2-31-23(29)14-32-18-10-20-19-9-17(26)5-6-22(19)28-13-16(8-15-4-3-7-27-12-15)25(30)21(11-18)24(20)28/h3-7,9-13H,2,8,14H2,1H3. The number of rotatable bonds is 6. The number of fused-ring (bicyclic) bond motifs is 3. The van der Waals surface area contributed by atoms with Crippen molar-refractivity contribution in [2.24, 2.45) is 0 Å². The normalized spacial score (nSPS) is 11.4. The fraction of sp³-hybridized carbons (Fsp3) is 0.160. The number of aromatic nitrogens is 2. The lowest BCUT2D eigenvalue weighted by molar-refractivity contribution is -0.145. The summed E-state index contributed by atoms with van der Waals surface area (Å²) >= 11 is 3.55. The van der Waals surface area contributed by atoms with Crippen LogP contribution >= 0.6 is 15.9 Å². The van der Waals surface area contributed by atoms with Gasteiger partial charge in [-0.3, -0.25) is 9.78 Å². The summed E-state index contributed by atoms with van der Waals surface area (Å²) in [5, 5.41) is 2.43. The largest absolute Gasteiger partial charge is 0.482 e. The summed E-state index contributed by atoms with van der Waals surface area (Å²) in [5.41, 5.74) is 3.38. The first-order chi connectivity index (χ1) is 15.5. The Morgan fingerprint density at radius 3 is 2.75 bits per heavy atom. The lowest BCUT2D eigenvalue weighted by atomic mass is 10.0. The summed E-state index contributed by atoms with van der Waals surface area (Å²) in [5.74, 6) is 0.00505. The van der Waals surface area contributed by atoms with Crippen LogP contribution in [0.5, 0.6) is 5.75 Å². The molecule has 160 valence electrons. The fourth-order valence-electron chi connectivity index (χ4n) is 4.10. The highest BCUT2D eigenvalue weighted by Crippen LogP contribution is 2.35. The van der Waals surface area contributed by atoms with Crippen molar-refractivity contribution >= 4 is 49.1 Å². The van der Waals surface area contributed by atoms with Gasteiger partial charge < -0.3 is 13.9 Å². The molecule has 0 N–H and O–H groups in total. The molecule has 0 fully saturated rings. The molecule has 0 bridgehead atoms. The lowest BCUT2D eigenvalue weighted by Gasteiger charge is -2.10. The highest BCUT2D eigenvalue weighted by atomic mass is 79.9. The molecule has 0 spiro atoms. The van der Waals surface area contributed by atoms with Crippen LogP contribution < -0.4 is 10.2 Å². The summed E-state index contributed by atoms with van der Waals surface area (Å²) in [6.45, 7) is 1.82. The van der Waals surface area contributed by atoms with Crippen LogP contribution in [0.15, 0.2) is 70.3 Å². The maximum absolute atomic E-state index is 13.5. The predicted molar refractivity (Wildman–Crippen MR) is 127 cm³/mol. The third kappa shape index (κ3) is 3.58. The maximum Gasteiger partial charge on any atom is 0.344 e. The molecule has 3 heterocycles. The Morgan fingerprint density at radius 1 is 1.12 bits per heavy atom. The Hall–Kier alpha value is -3.45. The molecule has 7 heteroatoms. The van der Waals surface area contributed by atoms with Crippen molar-refractivity contribution in [3.05, 3.63) is 86.9 Å². The zero-order valence-corrected chi connectivity index (χ0v) is 18.9. The Morgan fingerprint density at radius 2 is 1.97 bits per heavy atom. The zero-order valence-electron chi connectivity index (χ0n) is 17.3. The molecule has 5 rings (SSSR count). The van der Waals surface area contributed by atoms with E-state index in [9.17, 15) is 9.59 Å². The number of benzene rings is 2. The van der Waals surface area contributed by atoms with Crippen LogP contribution in [0.25, 0.3) is 27.2 Å². The van der Waals surface area contributed by atoms with Crippen molar-refractivity contribution in [2.45, 2.75) is 13.3 Å². The van der Waals surface area contributed by atoms with Crippen molar-refractivity contribution < 1.29 is 14.3 Å². The number of ether oxygens (including phenoxy) is 2. The second-order valence-corrected chi connectivity index (χ2v) is 8.43. The van der Waals surface area contributed by atoms with E-state index in [4.69, 9.17) is 9.47 Å². The molecule has 0 amide bonds. The Balaban J connectivity index is 1.73. The van der Waals surface area contributed by atoms with Gasteiger partial charge in [0.25, 0.3) is 0 Å². The van der Waals surface area contributed by atoms with Crippen molar-refractivity contribution in [3.8, 4) is 5.75 Å². The van der Waals surface area contributed by atoms with Crippen LogP contribution in [0.2, 0.25) is 0 Å². The number of nitrogens with zero attached hydrogens (tertiary/aromatic N) is 2. The van der Waals surface area contributed by atoms with Crippen LogP contribution in [0.4, 0.5) is 0 Å². The minimum Gasteiger partial charge on any atom is -0.482 e. The van der Waals surface area contributed by atoms with Gasteiger partial charge in [-0.25, -0.2) is 4.79 Å². The van der Waals surface area contributed by atoms with Gasteiger partial charge in [-0.15, -0.1) is 0 Å². The molecule has 2 aromatic carbocycles. The number of carbonyl (C=O) groups excluding carboxylic acids is 1. The van der Waals surface area contributed by atoms with E-state index in [-0.39, 0.29) is 18.6 Å². The minimum absolute atomic E-state index is 0.0604. The van der Waals surface area contributed by atoms with Crippen LogP contribution in [0.3, 0.4) is 0 Å². The first-order valence-electron chi connectivity index (χ1n) is 10.2. The molecule has 0 atom stereocenters. The zero-order chi connectivity index (χ0) is 22.2. The summed E-state index contributed by atoms with van der Waals surface area (Å²) in [6, 6.07) is 13.4. The highest BCUT2D eigenvalue weighted by molar-refractivity contribution is 9.10. The van der Waals surface area contributed by atoms with Crippen molar-refractivity contribution in [3.63, 3.8) is 0 Å². The highest BCUT2D eigenvalue weighted by Gasteiger charge is 2.18. The number of halogens is 1.